The maximum Gasteiger partial charge on any atom is 0.143 e. The molecular weight excluding hydrogens is 496 g/mol. The minimum atomic E-state index is 0.601. The lowest BCUT2D eigenvalue weighted by Crippen LogP contribution is -2.33. The Morgan fingerprint density at radius 2 is 0.854 bits per heavy atom. The number of benzene rings is 6. The predicted octanol–water partition coefficient (Wildman–Crippen LogP) is 11.0. The second-order valence-electron chi connectivity index (χ2n) is 10.8. The standard InChI is InChI=1S/C39H35N2/c1-30-12-10-16-36(28-30)40(34-14-6-4-7-15-34)35-24-20-32(21-25-35)33-22-26-38(27-23-33)41(3,37-17-8-5-9-18-37)39-19-11-13-31(2)29-39/h4-29H,1-3H3/q+1. The molecule has 0 N–H and O–H groups in total. The van der Waals surface area contributed by atoms with Crippen molar-refractivity contribution in [2.45, 2.75) is 13.8 Å². The average Bonchev–Trinajstić information content (AvgIpc) is 3.02. The SMILES string of the molecule is Cc1cccc(N(c2ccccc2)c2ccc(-c3ccc([N+](C)(c4ccccc4)c4cccc(C)c4)cc3)cc2)c1. The topological polar surface area (TPSA) is 3.24 Å². The third kappa shape index (κ3) is 5.30. The highest BCUT2D eigenvalue weighted by Crippen LogP contribution is 2.43. The highest BCUT2D eigenvalue weighted by Gasteiger charge is 2.31. The zero-order chi connectivity index (χ0) is 28.2. The van der Waals surface area contributed by atoms with E-state index in [1.165, 1.54) is 39.3 Å². The predicted molar refractivity (Wildman–Crippen MR) is 176 cm³/mol. The third-order valence-corrected chi connectivity index (χ3v) is 7.91. The summed E-state index contributed by atoms with van der Waals surface area (Å²) in [7, 11) is 2.28. The maximum atomic E-state index is 2.31. The van der Waals surface area contributed by atoms with Crippen LogP contribution in [0.25, 0.3) is 11.1 Å². The molecule has 0 aliphatic carbocycles. The van der Waals surface area contributed by atoms with Crippen molar-refractivity contribution in [1.82, 2.24) is 4.48 Å². The van der Waals surface area contributed by atoms with Gasteiger partial charge in [0, 0.05) is 35.3 Å². The van der Waals surface area contributed by atoms with Crippen LogP contribution in [-0.2, 0) is 0 Å². The first-order valence-corrected chi connectivity index (χ1v) is 14.1. The number of hydrogen-bond donors (Lipinski definition) is 0. The van der Waals surface area contributed by atoms with Crippen LogP contribution in [0, 0.1) is 13.8 Å². The van der Waals surface area contributed by atoms with Crippen molar-refractivity contribution in [2.75, 3.05) is 11.9 Å². The van der Waals surface area contributed by atoms with Gasteiger partial charge in [-0.1, -0.05) is 72.8 Å². The maximum absolute atomic E-state index is 2.31. The van der Waals surface area contributed by atoms with Crippen molar-refractivity contribution in [3.8, 4) is 11.1 Å². The monoisotopic (exact) mass is 531 g/mol. The molecule has 6 aromatic rings. The Balaban J connectivity index is 1.35. The van der Waals surface area contributed by atoms with Gasteiger partial charge in [-0.15, -0.1) is 0 Å². The largest absolute Gasteiger partial charge is 0.310 e. The number of nitrogens with zero attached hydrogens (tertiary/aromatic N) is 2. The van der Waals surface area contributed by atoms with Crippen molar-refractivity contribution in [3.05, 3.63) is 169 Å². The van der Waals surface area contributed by atoms with E-state index in [-0.39, 0.29) is 0 Å². The van der Waals surface area contributed by atoms with Crippen LogP contribution < -0.4 is 9.38 Å². The van der Waals surface area contributed by atoms with Crippen molar-refractivity contribution in [2.24, 2.45) is 0 Å². The van der Waals surface area contributed by atoms with E-state index >= 15 is 0 Å². The Hall–Kier alpha value is -4.92. The summed E-state index contributed by atoms with van der Waals surface area (Å²) in [5.41, 5.74) is 12.0. The molecule has 0 heterocycles. The molecule has 6 rings (SSSR count). The second kappa shape index (κ2) is 11.3. The van der Waals surface area contributed by atoms with Crippen molar-refractivity contribution in [1.29, 1.82) is 0 Å². The lowest BCUT2D eigenvalue weighted by atomic mass is 10.0. The van der Waals surface area contributed by atoms with E-state index in [2.05, 4.69) is 184 Å². The van der Waals surface area contributed by atoms with Gasteiger partial charge in [-0.05, 0) is 103 Å². The Morgan fingerprint density at radius 1 is 0.390 bits per heavy atom. The molecular formula is C39H35N2+. The van der Waals surface area contributed by atoms with Gasteiger partial charge in [0.05, 0.1) is 7.05 Å². The number of hydrogen-bond acceptors (Lipinski definition) is 1. The van der Waals surface area contributed by atoms with Gasteiger partial charge in [-0.25, -0.2) is 4.48 Å². The first kappa shape index (κ1) is 26.3. The molecule has 0 spiro atoms. The number of quaternary nitrogens is 1. The van der Waals surface area contributed by atoms with Crippen LogP contribution in [0.2, 0.25) is 0 Å². The Morgan fingerprint density at radius 3 is 1.46 bits per heavy atom. The Kier molecular flexibility index (Phi) is 7.24. The molecule has 6 aromatic carbocycles. The van der Waals surface area contributed by atoms with E-state index in [1.807, 2.05) is 0 Å². The normalized spacial score (nSPS) is 12.5. The summed E-state index contributed by atoms with van der Waals surface area (Å²) in [6, 6.07) is 56.7. The van der Waals surface area contributed by atoms with Crippen LogP contribution in [0.3, 0.4) is 0 Å². The molecule has 0 bridgehead atoms. The summed E-state index contributed by atoms with van der Waals surface area (Å²) in [6.45, 7) is 4.29. The molecule has 0 aromatic heterocycles. The lowest BCUT2D eigenvalue weighted by molar-refractivity contribution is 0.627. The summed E-state index contributed by atoms with van der Waals surface area (Å²) in [4.78, 5) is 2.31. The van der Waals surface area contributed by atoms with E-state index < -0.39 is 0 Å². The minimum Gasteiger partial charge on any atom is -0.310 e. The Labute approximate surface area is 244 Å². The van der Waals surface area contributed by atoms with Gasteiger partial charge in [0.15, 0.2) is 0 Å². The van der Waals surface area contributed by atoms with Gasteiger partial charge in [0.1, 0.15) is 17.1 Å². The minimum absolute atomic E-state index is 0.601. The smallest absolute Gasteiger partial charge is 0.143 e. The first-order chi connectivity index (χ1) is 20.0. The molecule has 2 nitrogen and oxygen atoms in total. The molecule has 0 saturated carbocycles. The zero-order valence-electron chi connectivity index (χ0n) is 23.9. The van der Waals surface area contributed by atoms with E-state index in [9.17, 15) is 0 Å². The molecule has 0 aliphatic heterocycles. The highest BCUT2D eigenvalue weighted by atomic mass is 15.3. The van der Waals surface area contributed by atoms with Crippen molar-refractivity contribution >= 4 is 34.1 Å². The van der Waals surface area contributed by atoms with E-state index in [0.717, 1.165) is 17.1 Å². The van der Waals surface area contributed by atoms with Crippen LogP contribution in [0.5, 0.6) is 0 Å². The van der Waals surface area contributed by atoms with Crippen LogP contribution in [-0.4, -0.2) is 7.05 Å². The molecule has 1 unspecified atom stereocenters. The average molecular weight is 532 g/mol. The zero-order valence-corrected chi connectivity index (χ0v) is 23.9. The molecule has 41 heavy (non-hydrogen) atoms. The molecule has 0 saturated heterocycles. The molecule has 0 fully saturated rings. The number of aryl methyl sites for hydroxylation is 2. The number of rotatable bonds is 7. The quantitative estimate of drug-likeness (QED) is 0.185. The Bertz CT molecular complexity index is 1740. The van der Waals surface area contributed by atoms with E-state index in [4.69, 9.17) is 0 Å². The van der Waals surface area contributed by atoms with Crippen molar-refractivity contribution < 1.29 is 0 Å². The lowest BCUT2D eigenvalue weighted by Gasteiger charge is -2.33. The second-order valence-corrected chi connectivity index (χ2v) is 10.8. The van der Waals surface area contributed by atoms with Gasteiger partial charge in [-0.2, -0.15) is 0 Å². The molecule has 2 heteroatoms. The summed E-state index contributed by atoms with van der Waals surface area (Å²) in [5, 5.41) is 0. The molecule has 0 radical (unpaired) electrons. The van der Waals surface area contributed by atoms with E-state index in [0.29, 0.717) is 4.48 Å². The first-order valence-electron chi connectivity index (χ1n) is 14.1. The van der Waals surface area contributed by atoms with Crippen LogP contribution in [0.1, 0.15) is 11.1 Å². The van der Waals surface area contributed by atoms with Crippen LogP contribution >= 0.6 is 0 Å². The van der Waals surface area contributed by atoms with Crippen LogP contribution in [0.15, 0.2) is 158 Å². The fraction of sp³-hybridized carbons (Fsp3) is 0.0769. The highest BCUT2D eigenvalue weighted by molar-refractivity contribution is 5.79. The molecule has 200 valence electrons. The van der Waals surface area contributed by atoms with Gasteiger partial charge in [0.2, 0.25) is 0 Å². The number of anilines is 3. The van der Waals surface area contributed by atoms with Gasteiger partial charge < -0.3 is 4.90 Å². The van der Waals surface area contributed by atoms with Gasteiger partial charge >= 0.3 is 0 Å². The van der Waals surface area contributed by atoms with Gasteiger partial charge in [0.25, 0.3) is 0 Å². The summed E-state index contributed by atoms with van der Waals surface area (Å²) in [6.07, 6.45) is 0. The molecule has 1 atom stereocenters. The summed E-state index contributed by atoms with van der Waals surface area (Å²) in [5.74, 6) is 0. The summed E-state index contributed by atoms with van der Waals surface area (Å²) < 4.78 is 0.601. The van der Waals surface area contributed by atoms with Gasteiger partial charge in [-0.3, -0.25) is 0 Å². The number of para-hydroxylation sites is 2. The molecule has 0 amide bonds. The third-order valence-electron chi connectivity index (χ3n) is 7.91. The van der Waals surface area contributed by atoms with Crippen molar-refractivity contribution in [3.63, 3.8) is 0 Å². The fourth-order valence-corrected chi connectivity index (χ4v) is 5.63. The van der Waals surface area contributed by atoms with E-state index in [1.54, 1.807) is 0 Å². The van der Waals surface area contributed by atoms with Crippen LogP contribution in [0.4, 0.5) is 34.1 Å². The fourth-order valence-electron chi connectivity index (χ4n) is 5.63. The summed E-state index contributed by atoms with van der Waals surface area (Å²) >= 11 is 0. The molecule has 0 aliphatic rings.